The monoisotopic (exact) mass is 371 g/mol. The number of anilines is 1. The maximum atomic E-state index is 13.4. The predicted molar refractivity (Wildman–Crippen MR) is 100 cm³/mol. The van der Waals surface area contributed by atoms with E-state index in [1.54, 1.807) is 30.3 Å². The van der Waals surface area contributed by atoms with Gasteiger partial charge in [0.05, 0.1) is 12.2 Å². The third-order valence-corrected chi connectivity index (χ3v) is 4.69. The Balaban J connectivity index is 1.91. The molecular weight excluding hydrogens is 353 g/mol. The van der Waals surface area contributed by atoms with Gasteiger partial charge in [0.2, 0.25) is 5.13 Å². The van der Waals surface area contributed by atoms with E-state index in [4.69, 9.17) is 4.74 Å². The van der Waals surface area contributed by atoms with E-state index in [9.17, 15) is 9.18 Å². The third kappa shape index (κ3) is 3.72. The molecule has 2 aromatic carbocycles. The van der Waals surface area contributed by atoms with Crippen LogP contribution in [0.15, 0.2) is 48.5 Å². The van der Waals surface area contributed by atoms with E-state index in [1.807, 2.05) is 19.9 Å². The molecule has 0 atom stereocenters. The standard InChI is InChI=1S/C19H18FN3O2S/c1-3-23(18(24)15-10-5-6-11-16(15)25-4-2)19-22-21-17(26-19)13-8-7-9-14(20)12-13/h5-12H,3-4H2,1-2H3. The second-order valence-corrected chi connectivity index (χ2v) is 6.33. The van der Waals surface area contributed by atoms with E-state index in [0.29, 0.717) is 40.2 Å². The second kappa shape index (κ2) is 8.05. The number of ether oxygens (including phenoxy) is 1. The first kappa shape index (κ1) is 18.0. The van der Waals surface area contributed by atoms with Crippen molar-refractivity contribution in [2.75, 3.05) is 18.1 Å². The van der Waals surface area contributed by atoms with Gasteiger partial charge in [-0.1, -0.05) is 35.6 Å². The number of carbonyl (C=O) groups is 1. The van der Waals surface area contributed by atoms with Crippen molar-refractivity contribution in [3.05, 3.63) is 59.9 Å². The van der Waals surface area contributed by atoms with E-state index in [0.717, 1.165) is 0 Å². The van der Waals surface area contributed by atoms with Crippen LogP contribution in [0.1, 0.15) is 24.2 Å². The number of para-hydroxylation sites is 1. The number of amides is 1. The van der Waals surface area contributed by atoms with Crippen LogP contribution in [0.2, 0.25) is 0 Å². The Bertz CT molecular complexity index is 913. The van der Waals surface area contributed by atoms with E-state index >= 15 is 0 Å². The molecule has 0 aliphatic heterocycles. The number of carbonyl (C=O) groups excluding carboxylic acids is 1. The summed E-state index contributed by atoms with van der Waals surface area (Å²) in [6.07, 6.45) is 0. The van der Waals surface area contributed by atoms with Crippen LogP contribution in [0.5, 0.6) is 5.75 Å². The first-order valence-corrected chi connectivity index (χ1v) is 9.08. The Kier molecular flexibility index (Phi) is 5.58. The maximum absolute atomic E-state index is 13.4. The molecule has 3 rings (SSSR count). The fraction of sp³-hybridized carbons (Fsp3) is 0.211. The molecule has 0 saturated heterocycles. The van der Waals surface area contributed by atoms with Gasteiger partial charge in [0.1, 0.15) is 16.6 Å². The van der Waals surface area contributed by atoms with Crippen molar-refractivity contribution < 1.29 is 13.9 Å². The fourth-order valence-electron chi connectivity index (χ4n) is 2.50. The number of hydrogen-bond acceptors (Lipinski definition) is 5. The summed E-state index contributed by atoms with van der Waals surface area (Å²) in [5.41, 5.74) is 1.10. The zero-order valence-electron chi connectivity index (χ0n) is 14.5. The molecule has 7 heteroatoms. The number of nitrogens with zero attached hydrogens (tertiary/aromatic N) is 3. The van der Waals surface area contributed by atoms with Crippen LogP contribution in [0.3, 0.4) is 0 Å². The van der Waals surface area contributed by atoms with Crippen molar-refractivity contribution in [3.8, 4) is 16.3 Å². The zero-order chi connectivity index (χ0) is 18.5. The van der Waals surface area contributed by atoms with Crippen LogP contribution in [-0.2, 0) is 0 Å². The Morgan fingerprint density at radius 2 is 1.96 bits per heavy atom. The third-order valence-electron chi connectivity index (χ3n) is 3.70. The molecule has 0 spiro atoms. The van der Waals surface area contributed by atoms with Crippen molar-refractivity contribution >= 4 is 22.4 Å². The first-order valence-electron chi connectivity index (χ1n) is 8.27. The van der Waals surface area contributed by atoms with Crippen molar-refractivity contribution in [3.63, 3.8) is 0 Å². The molecule has 0 aliphatic carbocycles. The minimum atomic E-state index is -0.340. The summed E-state index contributed by atoms with van der Waals surface area (Å²) in [5, 5.41) is 9.25. The Hall–Kier alpha value is -2.80. The van der Waals surface area contributed by atoms with E-state index < -0.39 is 0 Å². The lowest BCUT2D eigenvalue weighted by Gasteiger charge is -2.18. The summed E-state index contributed by atoms with van der Waals surface area (Å²) in [6.45, 7) is 4.63. The van der Waals surface area contributed by atoms with Crippen LogP contribution in [-0.4, -0.2) is 29.3 Å². The maximum Gasteiger partial charge on any atom is 0.263 e. The molecular formula is C19H18FN3O2S. The molecule has 1 aromatic heterocycles. The number of halogens is 1. The average molecular weight is 371 g/mol. The summed E-state index contributed by atoms with van der Waals surface area (Å²) >= 11 is 1.24. The Morgan fingerprint density at radius 3 is 2.69 bits per heavy atom. The summed E-state index contributed by atoms with van der Waals surface area (Å²) in [4.78, 5) is 14.5. The van der Waals surface area contributed by atoms with Crippen molar-refractivity contribution in [2.45, 2.75) is 13.8 Å². The zero-order valence-corrected chi connectivity index (χ0v) is 15.3. The van der Waals surface area contributed by atoms with Crippen molar-refractivity contribution in [2.24, 2.45) is 0 Å². The number of rotatable bonds is 6. The highest BCUT2D eigenvalue weighted by Gasteiger charge is 2.23. The first-order chi connectivity index (χ1) is 12.6. The topological polar surface area (TPSA) is 55.3 Å². The Morgan fingerprint density at radius 1 is 1.15 bits per heavy atom. The highest BCUT2D eigenvalue weighted by molar-refractivity contribution is 7.18. The van der Waals surface area contributed by atoms with Gasteiger partial charge in [-0.25, -0.2) is 4.39 Å². The minimum Gasteiger partial charge on any atom is -0.493 e. The molecule has 3 aromatic rings. The number of benzene rings is 2. The normalized spacial score (nSPS) is 10.6. The van der Waals surface area contributed by atoms with Gasteiger partial charge in [-0.05, 0) is 38.1 Å². The SMILES string of the molecule is CCOc1ccccc1C(=O)N(CC)c1nnc(-c2cccc(F)c2)s1. The quantitative estimate of drug-likeness (QED) is 0.644. The summed E-state index contributed by atoms with van der Waals surface area (Å²) < 4.78 is 19.0. The van der Waals surface area contributed by atoms with Gasteiger partial charge in [0.15, 0.2) is 0 Å². The van der Waals surface area contributed by atoms with Crippen LogP contribution in [0, 0.1) is 5.82 Å². The molecule has 1 amide bonds. The highest BCUT2D eigenvalue weighted by Crippen LogP contribution is 2.31. The smallest absolute Gasteiger partial charge is 0.263 e. The lowest BCUT2D eigenvalue weighted by molar-refractivity contribution is 0.0984. The molecule has 5 nitrogen and oxygen atoms in total. The fourth-order valence-corrected chi connectivity index (χ4v) is 3.40. The average Bonchev–Trinajstić information content (AvgIpc) is 3.13. The summed E-state index contributed by atoms with van der Waals surface area (Å²) in [6, 6.07) is 13.3. The van der Waals surface area contributed by atoms with Gasteiger partial charge in [0, 0.05) is 12.1 Å². The molecule has 0 saturated carbocycles. The van der Waals surface area contributed by atoms with Gasteiger partial charge in [-0.2, -0.15) is 0 Å². The lowest BCUT2D eigenvalue weighted by Crippen LogP contribution is -2.31. The van der Waals surface area contributed by atoms with Crippen LogP contribution < -0.4 is 9.64 Å². The van der Waals surface area contributed by atoms with Crippen molar-refractivity contribution in [1.82, 2.24) is 10.2 Å². The van der Waals surface area contributed by atoms with Crippen molar-refractivity contribution in [1.29, 1.82) is 0 Å². The summed E-state index contributed by atoms with van der Waals surface area (Å²) in [5.74, 6) is -0.0138. The highest BCUT2D eigenvalue weighted by atomic mass is 32.1. The van der Waals surface area contributed by atoms with Crippen LogP contribution in [0.25, 0.3) is 10.6 Å². The Labute approximate surface area is 155 Å². The number of hydrogen-bond donors (Lipinski definition) is 0. The molecule has 0 unspecified atom stereocenters. The van der Waals surface area contributed by atoms with Gasteiger partial charge in [-0.15, -0.1) is 10.2 Å². The van der Waals surface area contributed by atoms with Gasteiger partial charge >= 0.3 is 0 Å². The van der Waals surface area contributed by atoms with E-state index in [1.165, 1.54) is 28.4 Å². The van der Waals surface area contributed by atoms with E-state index in [-0.39, 0.29) is 11.7 Å². The van der Waals surface area contributed by atoms with E-state index in [2.05, 4.69) is 10.2 Å². The molecule has 0 radical (unpaired) electrons. The number of aromatic nitrogens is 2. The van der Waals surface area contributed by atoms with Gasteiger partial charge in [0.25, 0.3) is 5.91 Å². The van der Waals surface area contributed by atoms with Gasteiger partial charge < -0.3 is 4.74 Å². The minimum absolute atomic E-state index is 0.210. The predicted octanol–water partition coefficient (Wildman–Crippen LogP) is 4.41. The molecule has 26 heavy (non-hydrogen) atoms. The molecule has 0 fully saturated rings. The molecule has 0 N–H and O–H groups in total. The molecule has 134 valence electrons. The second-order valence-electron chi connectivity index (χ2n) is 5.38. The van der Waals surface area contributed by atoms with Crippen LogP contribution >= 0.6 is 11.3 Å². The molecule has 0 aliphatic rings. The summed E-state index contributed by atoms with van der Waals surface area (Å²) in [7, 11) is 0. The molecule has 0 bridgehead atoms. The van der Waals surface area contributed by atoms with Gasteiger partial charge in [-0.3, -0.25) is 9.69 Å². The largest absolute Gasteiger partial charge is 0.493 e. The molecule has 1 heterocycles. The van der Waals surface area contributed by atoms with Crippen LogP contribution in [0.4, 0.5) is 9.52 Å². The lowest BCUT2D eigenvalue weighted by atomic mass is 10.2.